The standard InChI is InChI=1S/C22H28N2O/c25-14-12-22-16-23-13-4-7-21(23)17-24(22)15-18-8-10-20(11-9-18)19-5-2-1-3-6-19/h1-3,5-6,8-11,21-22,25H,4,7,12-17H2/t21-,22+/m1/s1. The number of benzene rings is 2. The Kier molecular flexibility index (Phi) is 5.16. The first kappa shape index (κ1) is 16.8. The van der Waals surface area contributed by atoms with Crippen LogP contribution in [0.3, 0.4) is 0 Å². The molecule has 0 radical (unpaired) electrons. The highest BCUT2D eigenvalue weighted by Crippen LogP contribution is 2.27. The van der Waals surface area contributed by atoms with Crippen LogP contribution in [0.1, 0.15) is 24.8 Å². The minimum atomic E-state index is 0.284. The van der Waals surface area contributed by atoms with Crippen molar-refractivity contribution in [1.29, 1.82) is 0 Å². The van der Waals surface area contributed by atoms with Gasteiger partial charge in [-0.15, -0.1) is 0 Å². The molecule has 3 nitrogen and oxygen atoms in total. The Morgan fingerprint density at radius 2 is 1.68 bits per heavy atom. The van der Waals surface area contributed by atoms with Crippen LogP contribution in [-0.4, -0.2) is 53.2 Å². The van der Waals surface area contributed by atoms with Crippen molar-refractivity contribution < 1.29 is 5.11 Å². The Bertz CT molecular complexity index is 670. The molecule has 0 amide bonds. The lowest BCUT2D eigenvalue weighted by Gasteiger charge is -2.43. The van der Waals surface area contributed by atoms with Gasteiger partial charge in [-0.2, -0.15) is 0 Å². The monoisotopic (exact) mass is 336 g/mol. The second kappa shape index (κ2) is 7.69. The molecule has 2 aromatic rings. The van der Waals surface area contributed by atoms with E-state index >= 15 is 0 Å². The quantitative estimate of drug-likeness (QED) is 0.907. The van der Waals surface area contributed by atoms with Gasteiger partial charge >= 0.3 is 0 Å². The highest BCUT2D eigenvalue weighted by molar-refractivity contribution is 5.63. The van der Waals surface area contributed by atoms with Gasteiger partial charge in [0.1, 0.15) is 0 Å². The van der Waals surface area contributed by atoms with Gasteiger partial charge in [0.05, 0.1) is 0 Å². The Labute approximate surface area is 150 Å². The average Bonchev–Trinajstić information content (AvgIpc) is 3.11. The fourth-order valence-electron chi connectivity index (χ4n) is 4.43. The first-order chi connectivity index (χ1) is 12.3. The van der Waals surface area contributed by atoms with Gasteiger partial charge in [-0.25, -0.2) is 0 Å². The number of piperazine rings is 1. The number of aliphatic hydroxyl groups excluding tert-OH is 1. The predicted octanol–water partition coefficient (Wildman–Crippen LogP) is 3.38. The summed E-state index contributed by atoms with van der Waals surface area (Å²) in [6.07, 6.45) is 3.54. The topological polar surface area (TPSA) is 26.7 Å². The number of aliphatic hydroxyl groups is 1. The molecule has 2 saturated heterocycles. The van der Waals surface area contributed by atoms with Gasteiger partial charge < -0.3 is 5.11 Å². The van der Waals surface area contributed by atoms with Crippen LogP contribution in [-0.2, 0) is 6.54 Å². The minimum absolute atomic E-state index is 0.284. The van der Waals surface area contributed by atoms with Gasteiger partial charge in [0.25, 0.3) is 0 Å². The molecule has 0 aliphatic carbocycles. The van der Waals surface area contributed by atoms with Crippen LogP contribution in [0.25, 0.3) is 11.1 Å². The molecule has 0 aromatic heterocycles. The van der Waals surface area contributed by atoms with E-state index in [-0.39, 0.29) is 6.61 Å². The first-order valence-corrected chi connectivity index (χ1v) is 9.57. The van der Waals surface area contributed by atoms with Crippen molar-refractivity contribution in [3.63, 3.8) is 0 Å². The second-order valence-electron chi connectivity index (χ2n) is 7.45. The maximum Gasteiger partial charge on any atom is 0.0446 e. The summed E-state index contributed by atoms with van der Waals surface area (Å²) in [6.45, 7) is 4.78. The summed E-state index contributed by atoms with van der Waals surface area (Å²) in [5.74, 6) is 0. The normalized spacial score (nSPS) is 24.4. The van der Waals surface area contributed by atoms with Crippen LogP contribution >= 0.6 is 0 Å². The van der Waals surface area contributed by atoms with Gasteiger partial charge in [0.15, 0.2) is 0 Å². The summed E-state index contributed by atoms with van der Waals surface area (Å²) >= 11 is 0. The van der Waals surface area contributed by atoms with Crippen molar-refractivity contribution in [3.8, 4) is 11.1 Å². The van der Waals surface area contributed by atoms with E-state index in [0.29, 0.717) is 6.04 Å². The minimum Gasteiger partial charge on any atom is -0.396 e. The molecule has 0 spiro atoms. The molecule has 1 N–H and O–H groups in total. The van der Waals surface area contributed by atoms with Crippen LogP contribution in [0, 0.1) is 0 Å². The van der Waals surface area contributed by atoms with Gasteiger partial charge in [-0.1, -0.05) is 54.6 Å². The van der Waals surface area contributed by atoms with Crippen molar-refractivity contribution in [3.05, 3.63) is 60.2 Å². The molecule has 25 heavy (non-hydrogen) atoms. The van der Waals surface area contributed by atoms with E-state index in [0.717, 1.165) is 32.1 Å². The third-order valence-corrected chi connectivity index (χ3v) is 5.82. The van der Waals surface area contributed by atoms with Crippen molar-refractivity contribution in [1.82, 2.24) is 9.80 Å². The van der Waals surface area contributed by atoms with Crippen molar-refractivity contribution >= 4 is 0 Å². The number of rotatable bonds is 5. The van der Waals surface area contributed by atoms with E-state index in [1.165, 1.54) is 36.1 Å². The van der Waals surface area contributed by atoms with Crippen LogP contribution in [0.5, 0.6) is 0 Å². The summed E-state index contributed by atoms with van der Waals surface area (Å²) in [5.41, 5.74) is 3.91. The van der Waals surface area contributed by atoms with Crippen LogP contribution in [0.2, 0.25) is 0 Å². The zero-order valence-electron chi connectivity index (χ0n) is 14.8. The van der Waals surface area contributed by atoms with Gasteiger partial charge in [0.2, 0.25) is 0 Å². The lowest BCUT2D eigenvalue weighted by molar-refractivity contribution is 0.0333. The zero-order chi connectivity index (χ0) is 17.1. The molecule has 132 valence electrons. The maximum absolute atomic E-state index is 9.46. The Balaban J connectivity index is 1.46. The molecule has 0 bridgehead atoms. The molecule has 2 aliphatic heterocycles. The smallest absolute Gasteiger partial charge is 0.0446 e. The highest BCUT2D eigenvalue weighted by Gasteiger charge is 2.35. The average molecular weight is 336 g/mol. The van der Waals surface area contributed by atoms with E-state index < -0.39 is 0 Å². The molecule has 2 fully saturated rings. The SMILES string of the molecule is OCC[C@H]1CN2CCC[C@@H]2CN1Cc1ccc(-c2ccccc2)cc1. The van der Waals surface area contributed by atoms with Gasteiger partial charge in [-0.05, 0) is 42.5 Å². The van der Waals surface area contributed by atoms with Crippen molar-refractivity contribution in [2.75, 3.05) is 26.2 Å². The Morgan fingerprint density at radius 3 is 2.44 bits per heavy atom. The largest absolute Gasteiger partial charge is 0.396 e. The first-order valence-electron chi connectivity index (χ1n) is 9.57. The van der Waals surface area contributed by atoms with E-state index in [2.05, 4.69) is 64.4 Å². The molecule has 2 aromatic carbocycles. The maximum atomic E-state index is 9.46. The Morgan fingerprint density at radius 1 is 0.920 bits per heavy atom. The number of hydrogen-bond acceptors (Lipinski definition) is 3. The molecule has 3 heteroatoms. The molecule has 0 saturated carbocycles. The van der Waals surface area contributed by atoms with Crippen LogP contribution in [0.4, 0.5) is 0 Å². The lowest BCUT2D eigenvalue weighted by Crippen LogP contribution is -2.55. The van der Waals surface area contributed by atoms with Gasteiger partial charge in [0, 0.05) is 38.3 Å². The van der Waals surface area contributed by atoms with E-state index in [9.17, 15) is 5.11 Å². The highest BCUT2D eigenvalue weighted by atomic mass is 16.3. The number of hydrogen-bond donors (Lipinski definition) is 1. The van der Waals surface area contributed by atoms with E-state index in [4.69, 9.17) is 0 Å². The predicted molar refractivity (Wildman–Crippen MR) is 102 cm³/mol. The second-order valence-corrected chi connectivity index (χ2v) is 7.45. The third kappa shape index (κ3) is 3.79. The Hall–Kier alpha value is -1.68. The lowest BCUT2D eigenvalue weighted by atomic mass is 10.0. The third-order valence-electron chi connectivity index (χ3n) is 5.82. The molecule has 2 aliphatic rings. The fraction of sp³-hybridized carbons (Fsp3) is 0.455. The van der Waals surface area contributed by atoms with Gasteiger partial charge in [-0.3, -0.25) is 9.80 Å². The molecular formula is C22H28N2O. The molecule has 2 atom stereocenters. The molecule has 2 heterocycles. The zero-order valence-corrected chi connectivity index (χ0v) is 14.8. The summed E-state index contributed by atoms with van der Waals surface area (Å²) in [7, 11) is 0. The van der Waals surface area contributed by atoms with Crippen LogP contribution in [0.15, 0.2) is 54.6 Å². The fourth-order valence-corrected chi connectivity index (χ4v) is 4.43. The molecule has 0 unspecified atom stereocenters. The summed E-state index contributed by atoms with van der Waals surface area (Å²) in [5, 5.41) is 9.46. The summed E-state index contributed by atoms with van der Waals surface area (Å²) in [6, 6.07) is 20.7. The number of fused-ring (bicyclic) bond motifs is 1. The summed E-state index contributed by atoms with van der Waals surface area (Å²) in [4.78, 5) is 5.23. The van der Waals surface area contributed by atoms with E-state index in [1.54, 1.807) is 0 Å². The summed E-state index contributed by atoms with van der Waals surface area (Å²) < 4.78 is 0. The van der Waals surface area contributed by atoms with Crippen LogP contribution < -0.4 is 0 Å². The van der Waals surface area contributed by atoms with Crippen molar-refractivity contribution in [2.24, 2.45) is 0 Å². The molecular weight excluding hydrogens is 308 g/mol. The number of nitrogens with zero attached hydrogens (tertiary/aromatic N) is 2. The molecule has 4 rings (SSSR count). The van der Waals surface area contributed by atoms with E-state index in [1.807, 2.05) is 0 Å². The van der Waals surface area contributed by atoms with Crippen molar-refractivity contribution in [2.45, 2.75) is 37.9 Å².